The van der Waals surface area contributed by atoms with E-state index in [2.05, 4.69) is 22.3 Å². The Morgan fingerprint density at radius 2 is 2.21 bits per heavy atom. The van der Waals surface area contributed by atoms with Gasteiger partial charge in [0.15, 0.2) is 5.11 Å². The summed E-state index contributed by atoms with van der Waals surface area (Å²) in [5, 5.41) is 9.03. The van der Waals surface area contributed by atoms with E-state index in [1.54, 1.807) is 6.26 Å². The van der Waals surface area contributed by atoms with Crippen LogP contribution in [0.2, 0.25) is 0 Å². The van der Waals surface area contributed by atoms with Crippen LogP contribution < -0.4 is 5.32 Å². The van der Waals surface area contributed by atoms with E-state index in [0.29, 0.717) is 0 Å². The van der Waals surface area contributed by atoms with Crippen LogP contribution in [0.5, 0.6) is 0 Å². The second kappa shape index (κ2) is 5.17. The molecule has 0 aliphatic carbocycles. The summed E-state index contributed by atoms with van der Waals surface area (Å²) >= 11 is 5.47. The van der Waals surface area contributed by atoms with Crippen molar-refractivity contribution in [1.29, 1.82) is 0 Å². The highest BCUT2D eigenvalue weighted by molar-refractivity contribution is 7.80. The summed E-state index contributed by atoms with van der Waals surface area (Å²) in [5.41, 5.74) is 1.81. The first-order chi connectivity index (χ1) is 9.22. The Labute approximate surface area is 117 Å². The Bertz CT molecular complexity index is 587. The van der Waals surface area contributed by atoms with Gasteiger partial charge in [0.1, 0.15) is 11.8 Å². The van der Waals surface area contributed by atoms with E-state index in [1.165, 1.54) is 12.8 Å². The lowest BCUT2D eigenvalue weighted by Gasteiger charge is -2.32. The molecule has 19 heavy (non-hydrogen) atoms. The van der Waals surface area contributed by atoms with Gasteiger partial charge in [-0.15, -0.1) is 0 Å². The minimum atomic E-state index is 0.801. The van der Waals surface area contributed by atoms with Crippen LogP contribution in [0.1, 0.15) is 19.8 Å². The number of aromatic nitrogens is 1. The lowest BCUT2D eigenvalue weighted by molar-refractivity contribution is 0.283. The van der Waals surface area contributed by atoms with Crippen LogP contribution in [0, 0.1) is 5.92 Å². The van der Waals surface area contributed by atoms with Gasteiger partial charge in [-0.3, -0.25) is 0 Å². The van der Waals surface area contributed by atoms with Gasteiger partial charge in [0, 0.05) is 24.2 Å². The fourth-order valence-corrected chi connectivity index (χ4v) is 2.65. The highest BCUT2D eigenvalue weighted by Gasteiger charge is 2.17. The molecule has 0 unspecified atom stereocenters. The van der Waals surface area contributed by atoms with Crippen molar-refractivity contribution < 1.29 is 4.52 Å². The minimum Gasteiger partial charge on any atom is -0.364 e. The van der Waals surface area contributed by atoms with Crippen LogP contribution in [0.4, 0.5) is 5.69 Å². The fraction of sp³-hybridized carbons (Fsp3) is 0.429. The minimum absolute atomic E-state index is 0.801. The first kappa shape index (κ1) is 12.4. The number of piperidine rings is 1. The maximum Gasteiger partial charge on any atom is 0.173 e. The molecule has 1 saturated heterocycles. The summed E-state index contributed by atoms with van der Waals surface area (Å²) < 4.78 is 4.93. The highest BCUT2D eigenvalue weighted by atomic mass is 32.1. The number of fused-ring (bicyclic) bond motifs is 1. The molecule has 0 saturated carbocycles. The third-order valence-electron chi connectivity index (χ3n) is 3.68. The molecule has 3 rings (SSSR count). The lowest BCUT2D eigenvalue weighted by Crippen LogP contribution is -2.40. The third-order valence-corrected chi connectivity index (χ3v) is 4.04. The van der Waals surface area contributed by atoms with Gasteiger partial charge in [-0.2, -0.15) is 0 Å². The molecule has 0 atom stereocenters. The molecule has 2 aromatic rings. The van der Waals surface area contributed by atoms with E-state index in [4.69, 9.17) is 16.7 Å². The predicted molar refractivity (Wildman–Crippen MR) is 80.2 cm³/mol. The summed E-state index contributed by atoms with van der Waals surface area (Å²) in [6, 6.07) is 5.94. The normalized spacial score (nSPS) is 16.8. The van der Waals surface area contributed by atoms with Crippen molar-refractivity contribution in [2.24, 2.45) is 5.92 Å². The molecule has 1 fully saturated rings. The lowest BCUT2D eigenvalue weighted by atomic mass is 10.00. The zero-order valence-corrected chi connectivity index (χ0v) is 11.7. The Morgan fingerprint density at radius 3 is 3.00 bits per heavy atom. The largest absolute Gasteiger partial charge is 0.364 e. The van der Waals surface area contributed by atoms with Crippen molar-refractivity contribution in [3.05, 3.63) is 24.5 Å². The van der Waals surface area contributed by atoms with Gasteiger partial charge in [0.05, 0.1) is 0 Å². The Morgan fingerprint density at radius 1 is 1.42 bits per heavy atom. The van der Waals surface area contributed by atoms with E-state index in [-0.39, 0.29) is 0 Å². The molecule has 4 nitrogen and oxygen atoms in total. The Hall–Kier alpha value is -1.62. The molecule has 1 aromatic heterocycles. The molecule has 5 heteroatoms. The molecular formula is C14H17N3OS. The number of anilines is 1. The van der Waals surface area contributed by atoms with Crippen LogP contribution in [0.15, 0.2) is 29.0 Å². The van der Waals surface area contributed by atoms with Gasteiger partial charge in [-0.05, 0) is 49.2 Å². The first-order valence-electron chi connectivity index (χ1n) is 6.62. The molecular weight excluding hydrogens is 258 g/mol. The molecule has 2 heterocycles. The van der Waals surface area contributed by atoms with Crippen LogP contribution in [0.25, 0.3) is 10.9 Å². The third kappa shape index (κ3) is 2.71. The van der Waals surface area contributed by atoms with Gasteiger partial charge in [-0.1, -0.05) is 12.1 Å². The highest BCUT2D eigenvalue weighted by Crippen LogP contribution is 2.20. The van der Waals surface area contributed by atoms with Gasteiger partial charge >= 0.3 is 0 Å². The number of hydrogen-bond acceptors (Lipinski definition) is 3. The van der Waals surface area contributed by atoms with E-state index in [1.807, 2.05) is 18.2 Å². The topological polar surface area (TPSA) is 41.3 Å². The Balaban J connectivity index is 1.68. The molecule has 1 aliphatic rings. The summed E-state index contributed by atoms with van der Waals surface area (Å²) in [7, 11) is 0. The average Bonchev–Trinajstić information content (AvgIpc) is 2.87. The van der Waals surface area contributed by atoms with Gasteiger partial charge in [-0.25, -0.2) is 0 Å². The zero-order chi connectivity index (χ0) is 13.2. The summed E-state index contributed by atoms with van der Waals surface area (Å²) in [6.07, 6.45) is 4.07. The number of benzene rings is 1. The second-order valence-electron chi connectivity index (χ2n) is 5.19. The number of nitrogens with zero attached hydrogens (tertiary/aromatic N) is 2. The van der Waals surface area contributed by atoms with Crippen molar-refractivity contribution in [2.45, 2.75) is 19.8 Å². The molecule has 0 bridgehead atoms. The smallest absolute Gasteiger partial charge is 0.173 e. The van der Waals surface area contributed by atoms with Crippen LogP contribution in [0.3, 0.4) is 0 Å². The predicted octanol–water partition coefficient (Wildman–Crippen LogP) is 3.26. The molecule has 0 spiro atoms. The number of hydrogen-bond donors (Lipinski definition) is 1. The fourth-order valence-electron chi connectivity index (χ4n) is 2.35. The van der Waals surface area contributed by atoms with Crippen molar-refractivity contribution in [3.63, 3.8) is 0 Å². The number of rotatable bonds is 1. The van der Waals surface area contributed by atoms with E-state index < -0.39 is 0 Å². The maximum absolute atomic E-state index is 5.47. The number of likely N-dealkylation sites (tertiary alicyclic amines) is 1. The van der Waals surface area contributed by atoms with Gasteiger partial charge in [0.25, 0.3) is 0 Å². The van der Waals surface area contributed by atoms with Crippen molar-refractivity contribution in [3.8, 4) is 0 Å². The quantitative estimate of drug-likeness (QED) is 0.809. The molecule has 0 radical (unpaired) electrons. The number of nitrogens with one attached hydrogen (secondary N) is 1. The van der Waals surface area contributed by atoms with E-state index in [9.17, 15) is 0 Å². The standard InChI is InChI=1S/C14H17N3OS/c1-10-4-6-17(7-5-10)14(19)15-12-3-2-11-9-18-16-13(11)8-12/h2-3,8-10H,4-7H2,1H3,(H,15,19). The molecule has 1 N–H and O–H groups in total. The van der Waals surface area contributed by atoms with Crippen molar-refractivity contribution in [1.82, 2.24) is 10.1 Å². The van der Waals surface area contributed by atoms with Crippen molar-refractivity contribution in [2.75, 3.05) is 18.4 Å². The maximum atomic E-state index is 5.47. The van der Waals surface area contributed by atoms with Crippen LogP contribution in [-0.2, 0) is 0 Å². The molecule has 0 amide bonds. The second-order valence-corrected chi connectivity index (χ2v) is 5.57. The summed E-state index contributed by atoms with van der Waals surface area (Å²) in [6.45, 7) is 4.38. The van der Waals surface area contributed by atoms with Crippen molar-refractivity contribution >= 4 is 33.9 Å². The molecule has 1 aromatic carbocycles. The monoisotopic (exact) mass is 275 g/mol. The van der Waals surface area contributed by atoms with Crippen LogP contribution in [-0.4, -0.2) is 28.3 Å². The first-order valence-corrected chi connectivity index (χ1v) is 7.03. The van der Waals surface area contributed by atoms with Gasteiger partial charge < -0.3 is 14.7 Å². The van der Waals surface area contributed by atoms with E-state index >= 15 is 0 Å². The summed E-state index contributed by atoms with van der Waals surface area (Å²) in [4.78, 5) is 2.24. The summed E-state index contributed by atoms with van der Waals surface area (Å²) in [5.74, 6) is 0.811. The molecule has 1 aliphatic heterocycles. The zero-order valence-electron chi connectivity index (χ0n) is 10.9. The van der Waals surface area contributed by atoms with Gasteiger partial charge in [0.2, 0.25) is 0 Å². The molecule has 100 valence electrons. The Kier molecular flexibility index (Phi) is 3.38. The van der Waals surface area contributed by atoms with Crippen LogP contribution >= 0.6 is 12.2 Å². The van der Waals surface area contributed by atoms with E-state index in [0.717, 1.165) is 40.7 Å². The average molecular weight is 275 g/mol. The SMILES string of the molecule is CC1CCN(C(=S)Nc2ccc3conc3c2)CC1. The number of thiocarbonyl (C=S) groups is 1.